The highest BCUT2D eigenvalue weighted by Gasteiger charge is 2.11. The lowest BCUT2D eigenvalue weighted by molar-refractivity contribution is 0.0526. The second-order valence-corrected chi connectivity index (χ2v) is 6.18. The Morgan fingerprint density at radius 3 is 2.62 bits per heavy atom. The molecule has 0 amide bonds. The Kier molecular flexibility index (Phi) is 4.86. The first-order chi connectivity index (χ1) is 11.7. The first-order valence-corrected chi connectivity index (χ1v) is 8.63. The van der Waals surface area contributed by atoms with Crippen LogP contribution in [0.1, 0.15) is 17.3 Å². The molecule has 6 heteroatoms. The molecule has 2 aromatic carbocycles. The Hall–Kier alpha value is -2.73. The monoisotopic (exact) mass is 340 g/mol. The van der Waals surface area contributed by atoms with Gasteiger partial charge in [-0.25, -0.2) is 9.00 Å². The van der Waals surface area contributed by atoms with Crippen molar-refractivity contribution in [2.75, 3.05) is 11.3 Å². The minimum atomic E-state index is -1.46. The van der Waals surface area contributed by atoms with Gasteiger partial charge in [0.1, 0.15) is 0 Å². The molecule has 24 heavy (non-hydrogen) atoms. The molecule has 1 N–H and O–H groups in total. The van der Waals surface area contributed by atoms with Crippen molar-refractivity contribution < 1.29 is 13.7 Å². The summed E-state index contributed by atoms with van der Waals surface area (Å²) in [6.07, 6.45) is 1.68. The zero-order valence-corrected chi connectivity index (χ0v) is 13.9. The summed E-state index contributed by atoms with van der Waals surface area (Å²) in [7, 11) is -1.46. The van der Waals surface area contributed by atoms with Crippen molar-refractivity contribution in [1.82, 2.24) is 4.98 Å². The van der Waals surface area contributed by atoms with Crippen LogP contribution in [0.4, 0.5) is 5.69 Å². The van der Waals surface area contributed by atoms with Crippen molar-refractivity contribution in [2.45, 2.75) is 11.8 Å². The zero-order valence-electron chi connectivity index (χ0n) is 13.1. The maximum Gasteiger partial charge on any atom is 0.338 e. The van der Waals surface area contributed by atoms with Crippen LogP contribution in [0.5, 0.6) is 0 Å². The Morgan fingerprint density at radius 2 is 1.88 bits per heavy atom. The van der Waals surface area contributed by atoms with Crippen LogP contribution in [-0.2, 0) is 15.7 Å². The minimum absolute atomic E-state index is 0.330. The molecule has 0 aliphatic carbocycles. The van der Waals surface area contributed by atoms with Gasteiger partial charge in [0.25, 0.3) is 0 Å². The molecule has 0 bridgehead atoms. The summed E-state index contributed by atoms with van der Waals surface area (Å²) < 4.78 is 20.5. The SMILES string of the molecule is CCOC(=O)c1ccc(NS(=O)c2cccc3cccnc23)cc1. The van der Waals surface area contributed by atoms with Crippen molar-refractivity contribution >= 4 is 33.5 Å². The molecule has 1 heterocycles. The van der Waals surface area contributed by atoms with Crippen LogP contribution < -0.4 is 4.72 Å². The van der Waals surface area contributed by atoms with Crippen molar-refractivity contribution in [3.8, 4) is 0 Å². The fourth-order valence-corrected chi connectivity index (χ4v) is 3.29. The molecule has 0 radical (unpaired) electrons. The van der Waals surface area contributed by atoms with Gasteiger partial charge in [-0.1, -0.05) is 18.2 Å². The van der Waals surface area contributed by atoms with Crippen molar-refractivity contribution in [3.05, 3.63) is 66.4 Å². The highest BCUT2D eigenvalue weighted by atomic mass is 32.2. The second kappa shape index (κ2) is 7.23. The van der Waals surface area contributed by atoms with Gasteiger partial charge in [-0.2, -0.15) is 0 Å². The van der Waals surface area contributed by atoms with E-state index in [0.717, 1.165) is 5.39 Å². The molecule has 0 fully saturated rings. The lowest BCUT2D eigenvalue weighted by Crippen LogP contribution is -2.07. The lowest BCUT2D eigenvalue weighted by atomic mass is 10.2. The van der Waals surface area contributed by atoms with Crippen LogP contribution in [0.25, 0.3) is 10.9 Å². The van der Waals surface area contributed by atoms with Gasteiger partial charge in [0.2, 0.25) is 0 Å². The predicted molar refractivity (Wildman–Crippen MR) is 94.2 cm³/mol. The predicted octanol–water partition coefficient (Wildman–Crippen LogP) is 3.55. The zero-order chi connectivity index (χ0) is 16.9. The maximum absolute atomic E-state index is 12.6. The molecule has 0 spiro atoms. The summed E-state index contributed by atoms with van der Waals surface area (Å²) in [6, 6.07) is 16.0. The summed E-state index contributed by atoms with van der Waals surface area (Å²) in [5, 5.41) is 0.933. The van der Waals surface area contributed by atoms with Gasteiger partial charge in [0, 0.05) is 17.3 Å². The standard InChI is InChI=1S/C18H16N2O3S/c1-2-23-18(21)14-8-10-15(11-9-14)20-24(22)16-7-3-5-13-6-4-12-19-17(13)16/h3-12,20H,2H2,1H3. The van der Waals surface area contributed by atoms with Gasteiger partial charge in [0.15, 0.2) is 11.0 Å². The van der Waals surface area contributed by atoms with Crippen LogP contribution in [0.15, 0.2) is 65.7 Å². The van der Waals surface area contributed by atoms with E-state index in [2.05, 4.69) is 9.71 Å². The molecule has 1 unspecified atom stereocenters. The van der Waals surface area contributed by atoms with Crippen LogP contribution in [0.2, 0.25) is 0 Å². The molecule has 3 rings (SSSR count). The Labute approximate surface area is 142 Å². The van der Waals surface area contributed by atoms with E-state index in [1.807, 2.05) is 24.3 Å². The average Bonchev–Trinajstić information content (AvgIpc) is 2.62. The number of carbonyl (C=O) groups excluding carboxylic acids is 1. The summed E-state index contributed by atoms with van der Waals surface area (Å²) >= 11 is 0. The molecule has 0 aliphatic heterocycles. The van der Waals surface area contributed by atoms with Gasteiger partial charge in [0.05, 0.1) is 22.6 Å². The first-order valence-electron chi connectivity index (χ1n) is 7.48. The summed E-state index contributed by atoms with van der Waals surface area (Å²) in [5.74, 6) is -0.372. The van der Waals surface area contributed by atoms with Crippen molar-refractivity contribution in [3.63, 3.8) is 0 Å². The quantitative estimate of drug-likeness (QED) is 0.721. The Bertz CT molecular complexity index is 889. The number of rotatable bonds is 5. The molecule has 1 atom stereocenters. The highest BCUT2D eigenvalue weighted by Crippen LogP contribution is 2.21. The van der Waals surface area contributed by atoms with Gasteiger partial charge in [-0.05, 0) is 43.3 Å². The van der Waals surface area contributed by atoms with E-state index in [1.165, 1.54) is 0 Å². The number of ether oxygens (including phenoxy) is 1. The number of benzene rings is 2. The Balaban J connectivity index is 1.80. The number of pyridine rings is 1. The number of anilines is 1. The molecule has 0 aliphatic rings. The van der Waals surface area contributed by atoms with Crippen LogP contribution in [0.3, 0.4) is 0 Å². The number of aromatic nitrogens is 1. The largest absolute Gasteiger partial charge is 0.462 e. The van der Waals surface area contributed by atoms with Crippen molar-refractivity contribution in [2.24, 2.45) is 0 Å². The third-order valence-electron chi connectivity index (χ3n) is 3.40. The Morgan fingerprint density at radius 1 is 1.12 bits per heavy atom. The molecular formula is C18H16N2O3S. The fraction of sp³-hybridized carbons (Fsp3) is 0.111. The van der Waals surface area contributed by atoms with Gasteiger partial charge >= 0.3 is 5.97 Å². The van der Waals surface area contributed by atoms with E-state index in [-0.39, 0.29) is 5.97 Å². The smallest absolute Gasteiger partial charge is 0.338 e. The fourth-order valence-electron chi connectivity index (χ4n) is 2.28. The number of hydrogen-bond acceptors (Lipinski definition) is 4. The van der Waals surface area contributed by atoms with Crippen LogP contribution in [-0.4, -0.2) is 21.8 Å². The summed E-state index contributed by atoms with van der Waals surface area (Å²) in [5.41, 5.74) is 1.81. The number of para-hydroxylation sites is 1. The van der Waals surface area contributed by atoms with Crippen molar-refractivity contribution in [1.29, 1.82) is 0 Å². The summed E-state index contributed by atoms with van der Waals surface area (Å²) in [4.78, 5) is 16.6. The van der Waals surface area contributed by atoms with E-state index in [1.54, 1.807) is 43.5 Å². The van der Waals surface area contributed by atoms with Gasteiger partial charge in [-0.3, -0.25) is 4.98 Å². The van der Waals surface area contributed by atoms with E-state index in [9.17, 15) is 9.00 Å². The van der Waals surface area contributed by atoms with E-state index < -0.39 is 11.0 Å². The van der Waals surface area contributed by atoms with Crippen LogP contribution in [0, 0.1) is 0 Å². The molecule has 3 aromatic rings. The lowest BCUT2D eigenvalue weighted by Gasteiger charge is -2.09. The molecule has 122 valence electrons. The molecule has 1 aromatic heterocycles. The number of hydrogen-bond donors (Lipinski definition) is 1. The molecular weight excluding hydrogens is 324 g/mol. The second-order valence-electron chi connectivity index (χ2n) is 5.00. The normalized spacial score (nSPS) is 11.9. The minimum Gasteiger partial charge on any atom is -0.462 e. The number of esters is 1. The van der Waals surface area contributed by atoms with E-state index in [0.29, 0.717) is 28.3 Å². The topological polar surface area (TPSA) is 68.3 Å². The molecule has 0 saturated heterocycles. The number of nitrogens with one attached hydrogen (secondary N) is 1. The van der Waals surface area contributed by atoms with E-state index >= 15 is 0 Å². The third kappa shape index (κ3) is 3.44. The third-order valence-corrected chi connectivity index (χ3v) is 4.55. The maximum atomic E-state index is 12.6. The van der Waals surface area contributed by atoms with Crippen LogP contribution >= 0.6 is 0 Å². The van der Waals surface area contributed by atoms with Gasteiger partial charge < -0.3 is 9.46 Å². The summed E-state index contributed by atoms with van der Waals surface area (Å²) in [6.45, 7) is 2.09. The first kappa shape index (κ1) is 16.1. The molecule has 0 saturated carbocycles. The average molecular weight is 340 g/mol. The number of carbonyl (C=O) groups is 1. The highest BCUT2D eigenvalue weighted by molar-refractivity contribution is 7.86. The number of nitrogens with zero attached hydrogens (tertiary/aromatic N) is 1. The van der Waals surface area contributed by atoms with Gasteiger partial charge in [-0.15, -0.1) is 0 Å². The molecule has 5 nitrogen and oxygen atoms in total. The number of fused-ring (bicyclic) bond motifs is 1. The van der Waals surface area contributed by atoms with E-state index in [4.69, 9.17) is 4.74 Å².